The van der Waals surface area contributed by atoms with E-state index in [0.29, 0.717) is 18.1 Å². The first-order chi connectivity index (χ1) is 12.6. The highest BCUT2D eigenvalue weighted by atomic mass is 35.5. The smallest absolute Gasteiger partial charge is 0.171 e. The van der Waals surface area contributed by atoms with E-state index in [1.54, 1.807) is 6.20 Å². The molecule has 1 aliphatic heterocycles. The standard InChI is InChI=1S/C18H16ClN7/c1-11-16-8-26-18(22-17(23-26)9-24-6-5-20-12(24)2)14-7-13(19)3-4-15(14)25(16)10-21-11/h3-7,10H,8-9H2,1-2H3. The summed E-state index contributed by atoms with van der Waals surface area (Å²) >= 11 is 6.28. The topological polar surface area (TPSA) is 66.3 Å². The van der Waals surface area contributed by atoms with Gasteiger partial charge >= 0.3 is 0 Å². The number of imidazole rings is 2. The number of nitrogens with zero attached hydrogens (tertiary/aromatic N) is 7. The van der Waals surface area contributed by atoms with Crippen molar-refractivity contribution in [3.63, 3.8) is 0 Å². The second-order valence-corrected chi connectivity index (χ2v) is 6.86. The number of aromatic nitrogens is 7. The van der Waals surface area contributed by atoms with E-state index in [9.17, 15) is 0 Å². The zero-order valence-corrected chi connectivity index (χ0v) is 15.1. The van der Waals surface area contributed by atoms with Crippen molar-refractivity contribution < 1.29 is 0 Å². The van der Waals surface area contributed by atoms with Gasteiger partial charge in [-0.15, -0.1) is 0 Å². The van der Waals surface area contributed by atoms with Gasteiger partial charge < -0.3 is 9.13 Å². The first-order valence-electron chi connectivity index (χ1n) is 8.35. The summed E-state index contributed by atoms with van der Waals surface area (Å²) in [6, 6.07) is 5.84. The first-order valence-corrected chi connectivity index (χ1v) is 8.72. The van der Waals surface area contributed by atoms with Gasteiger partial charge in [0.1, 0.15) is 5.82 Å². The number of rotatable bonds is 2. The molecular weight excluding hydrogens is 350 g/mol. The molecule has 4 aromatic rings. The maximum atomic E-state index is 6.28. The highest BCUT2D eigenvalue weighted by molar-refractivity contribution is 6.31. The Hall–Kier alpha value is -2.93. The number of hydrogen-bond acceptors (Lipinski definition) is 4. The monoisotopic (exact) mass is 365 g/mol. The van der Waals surface area contributed by atoms with Crippen LogP contribution in [0.5, 0.6) is 0 Å². The largest absolute Gasteiger partial charge is 0.327 e. The van der Waals surface area contributed by atoms with E-state index < -0.39 is 0 Å². The van der Waals surface area contributed by atoms with E-state index >= 15 is 0 Å². The van der Waals surface area contributed by atoms with E-state index in [2.05, 4.69) is 14.5 Å². The number of benzene rings is 1. The van der Waals surface area contributed by atoms with Crippen molar-refractivity contribution in [3.05, 3.63) is 65.0 Å². The van der Waals surface area contributed by atoms with Crippen LogP contribution in [0, 0.1) is 13.8 Å². The van der Waals surface area contributed by atoms with Crippen molar-refractivity contribution in [3.8, 4) is 17.1 Å². The molecule has 0 unspecified atom stereocenters. The lowest BCUT2D eigenvalue weighted by Crippen LogP contribution is -2.07. The molecule has 26 heavy (non-hydrogen) atoms. The summed E-state index contributed by atoms with van der Waals surface area (Å²) in [4.78, 5) is 13.5. The van der Waals surface area contributed by atoms with Gasteiger partial charge in [-0.25, -0.2) is 19.6 Å². The van der Waals surface area contributed by atoms with Crippen molar-refractivity contribution in [1.82, 2.24) is 33.9 Å². The lowest BCUT2D eigenvalue weighted by atomic mass is 10.1. The second kappa shape index (κ2) is 5.54. The van der Waals surface area contributed by atoms with Crippen molar-refractivity contribution in [2.24, 2.45) is 0 Å². The molecule has 0 aliphatic carbocycles. The molecule has 0 fully saturated rings. The third-order valence-corrected chi connectivity index (χ3v) is 5.02. The van der Waals surface area contributed by atoms with E-state index in [1.165, 1.54) is 0 Å². The van der Waals surface area contributed by atoms with Crippen LogP contribution in [0.3, 0.4) is 0 Å². The second-order valence-electron chi connectivity index (χ2n) is 6.42. The van der Waals surface area contributed by atoms with Crippen molar-refractivity contribution in [1.29, 1.82) is 0 Å². The normalized spacial score (nSPS) is 12.4. The summed E-state index contributed by atoms with van der Waals surface area (Å²) in [5.41, 5.74) is 4.06. The molecule has 0 saturated heterocycles. The Bertz CT molecular complexity index is 1130. The van der Waals surface area contributed by atoms with Gasteiger partial charge in [0, 0.05) is 23.0 Å². The van der Waals surface area contributed by atoms with Gasteiger partial charge in [0.2, 0.25) is 0 Å². The average molecular weight is 366 g/mol. The molecule has 0 bridgehead atoms. The lowest BCUT2D eigenvalue weighted by Gasteiger charge is -2.08. The SMILES string of the molecule is Cc1ncn2c1Cn1nc(Cn3ccnc3C)nc1-c1cc(Cl)ccc1-2. The van der Waals surface area contributed by atoms with Gasteiger partial charge in [-0.2, -0.15) is 5.10 Å². The first kappa shape index (κ1) is 15.3. The maximum absolute atomic E-state index is 6.28. The molecular formula is C18H16ClN7. The molecule has 0 amide bonds. The van der Waals surface area contributed by atoms with Gasteiger partial charge in [-0.3, -0.25) is 0 Å². The Morgan fingerprint density at radius 1 is 1.19 bits per heavy atom. The molecule has 1 aromatic carbocycles. The van der Waals surface area contributed by atoms with E-state index in [-0.39, 0.29) is 0 Å². The number of hydrogen-bond donors (Lipinski definition) is 0. The van der Waals surface area contributed by atoms with Crippen LogP contribution in [0.15, 0.2) is 36.9 Å². The van der Waals surface area contributed by atoms with Crippen LogP contribution < -0.4 is 0 Å². The Labute approximate surface area is 154 Å². The minimum absolute atomic E-state index is 0.583. The van der Waals surface area contributed by atoms with Gasteiger partial charge in [-0.05, 0) is 32.0 Å². The molecule has 0 saturated carbocycles. The van der Waals surface area contributed by atoms with Crippen LogP contribution in [0.1, 0.15) is 23.0 Å². The summed E-state index contributed by atoms with van der Waals surface area (Å²) < 4.78 is 6.06. The molecule has 8 heteroatoms. The third-order valence-electron chi connectivity index (χ3n) is 4.78. The highest BCUT2D eigenvalue weighted by Gasteiger charge is 2.24. The highest BCUT2D eigenvalue weighted by Crippen LogP contribution is 2.33. The molecule has 0 atom stereocenters. The van der Waals surface area contributed by atoms with E-state index in [4.69, 9.17) is 21.7 Å². The maximum Gasteiger partial charge on any atom is 0.171 e. The lowest BCUT2D eigenvalue weighted by molar-refractivity contribution is 0.643. The Morgan fingerprint density at radius 3 is 2.88 bits per heavy atom. The van der Waals surface area contributed by atoms with Gasteiger partial charge in [0.05, 0.1) is 36.5 Å². The molecule has 0 radical (unpaired) electrons. The predicted molar refractivity (Wildman–Crippen MR) is 97.5 cm³/mol. The minimum atomic E-state index is 0.583. The molecule has 5 rings (SSSR count). The Kier molecular flexibility index (Phi) is 3.27. The van der Waals surface area contributed by atoms with Gasteiger partial charge in [-0.1, -0.05) is 11.6 Å². The molecule has 1 aliphatic rings. The summed E-state index contributed by atoms with van der Waals surface area (Å²) in [5.74, 6) is 2.50. The van der Waals surface area contributed by atoms with Crippen molar-refractivity contribution >= 4 is 11.6 Å². The van der Waals surface area contributed by atoms with Gasteiger partial charge in [0.15, 0.2) is 11.6 Å². The zero-order valence-electron chi connectivity index (χ0n) is 14.4. The summed E-state index contributed by atoms with van der Waals surface area (Å²) in [6.07, 6.45) is 5.57. The number of halogens is 1. The van der Waals surface area contributed by atoms with Crippen molar-refractivity contribution in [2.75, 3.05) is 0 Å². The molecule has 0 spiro atoms. The van der Waals surface area contributed by atoms with Gasteiger partial charge in [0.25, 0.3) is 0 Å². The quantitative estimate of drug-likeness (QED) is 0.482. The summed E-state index contributed by atoms with van der Waals surface area (Å²) in [7, 11) is 0. The molecule has 130 valence electrons. The predicted octanol–water partition coefficient (Wildman–Crippen LogP) is 3.01. The van der Waals surface area contributed by atoms with Crippen LogP contribution >= 0.6 is 11.6 Å². The fourth-order valence-electron chi connectivity index (χ4n) is 3.39. The molecule has 7 nitrogen and oxygen atoms in total. The average Bonchev–Trinajstić information content (AvgIpc) is 3.28. The van der Waals surface area contributed by atoms with Crippen LogP contribution in [0.25, 0.3) is 17.1 Å². The summed E-state index contributed by atoms with van der Waals surface area (Å²) in [6.45, 7) is 5.18. The van der Waals surface area contributed by atoms with Crippen LogP contribution in [0.4, 0.5) is 0 Å². The van der Waals surface area contributed by atoms with Crippen LogP contribution in [0.2, 0.25) is 5.02 Å². The van der Waals surface area contributed by atoms with E-state index in [1.807, 2.05) is 53.8 Å². The van der Waals surface area contributed by atoms with Crippen molar-refractivity contribution in [2.45, 2.75) is 26.9 Å². The molecule has 0 N–H and O–H groups in total. The van der Waals surface area contributed by atoms with Crippen LogP contribution in [-0.4, -0.2) is 33.9 Å². The molecule has 4 heterocycles. The minimum Gasteiger partial charge on any atom is -0.327 e. The Balaban J connectivity index is 1.69. The fourth-order valence-corrected chi connectivity index (χ4v) is 3.56. The number of aryl methyl sites for hydroxylation is 2. The Morgan fingerprint density at radius 2 is 2.08 bits per heavy atom. The molecule has 3 aromatic heterocycles. The van der Waals surface area contributed by atoms with Crippen LogP contribution in [-0.2, 0) is 13.1 Å². The summed E-state index contributed by atoms with van der Waals surface area (Å²) in [5, 5.41) is 5.42. The number of fused-ring (bicyclic) bond motifs is 5. The zero-order chi connectivity index (χ0) is 17.8. The fraction of sp³-hybridized carbons (Fsp3) is 0.222. The third kappa shape index (κ3) is 2.28. The van der Waals surface area contributed by atoms with E-state index in [0.717, 1.165) is 40.1 Å².